The maximum absolute atomic E-state index is 10.1. The average Bonchev–Trinajstić information content (AvgIpc) is 3.28. The van der Waals surface area contributed by atoms with Crippen molar-refractivity contribution in [2.45, 2.75) is 6.54 Å². The van der Waals surface area contributed by atoms with E-state index in [1.807, 2.05) is 29.6 Å². The van der Waals surface area contributed by atoms with Crippen LogP contribution < -0.4 is 5.32 Å². The third-order valence-corrected chi connectivity index (χ3v) is 4.34. The summed E-state index contributed by atoms with van der Waals surface area (Å²) in [5.41, 5.74) is 1.79. The van der Waals surface area contributed by atoms with Crippen LogP contribution in [0, 0.1) is 0 Å². The van der Waals surface area contributed by atoms with Crippen LogP contribution in [0.3, 0.4) is 0 Å². The zero-order valence-corrected chi connectivity index (χ0v) is 12.9. The van der Waals surface area contributed by atoms with E-state index in [1.54, 1.807) is 35.9 Å². The summed E-state index contributed by atoms with van der Waals surface area (Å²) in [6.07, 6.45) is 5.19. The van der Waals surface area contributed by atoms with Gasteiger partial charge in [0, 0.05) is 34.5 Å². The Morgan fingerprint density at radius 1 is 1.30 bits per heavy atom. The van der Waals surface area contributed by atoms with Gasteiger partial charge in [0.15, 0.2) is 23.2 Å². The number of allylic oxidation sites excluding steroid dienone is 1. The molecule has 0 bridgehead atoms. The van der Waals surface area contributed by atoms with Crippen molar-refractivity contribution < 1.29 is 9.52 Å². The lowest BCUT2D eigenvalue weighted by atomic mass is 10.1. The molecule has 6 heteroatoms. The second-order valence-electron chi connectivity index (χ2n) is 5.03. The Kier molecular flexibility index (Phi) is 3.44. The Bertz CT molecular complexity index is 894. The molecule has 0 aromatic carbocycles. The minimum Gasteiger partial charge on any atom is -0.504 e. The second kappa shape index (κ2) is 5.73. The largest absolute Gasteiger partial charge is 0.504 e. The molecule has 1 aliphatic rings. The van der Waals surface area contributed by atoms with Gasteiger partial charge in [0.25, 0.3) is 0 Å². The molecular formula is C17H13N3O2S. The average molecular weight is 323 g/mol. The molecule has 0 fully saturated rings. The predicted octanol–water partition coefficient (Wildman–Crippen LogP) is 4.31. The van der Waals surface area contributed by atoms with Crippen molar-refractivity contribution >= 4 is 40.9 Å². The number of hydrogen-bond acceptors (Lipinski definition) is 6. The second-order valence-corrected chi connectivity index (χ2v) is 6.06. The van der Waals surface area contributed by atoms with Crippen LogP contribution in [0.5, 0.6) is 5.75 Å². The monoisotopic (exact) mass is 323 g/mol. The number of fused-ring (bicyclic) bond motifs is 1. The lowest BCUT2D eigenvalue weighted by molar-refractivity contribution is 0.455. The molecule has 0 spiro atoms. The highest BCUT2D eigenvalue weighted by atomic mass is 32.1. The zero-order valence-electron chi connectivity index (χ0n) is 12.1. The lowest BCUT2D eigenvalue weighted by Gasteiger charge is -1.99. The van der Waals surface area contributed by atoms with Gasteiger partial charge in [0.1, 0.15) is 0 Å². The molecule has 114 valence electrons. The van der Waals surface area contributed by atoms with Gasteiger partial charge in [0.05, 0.1) is 6.54 Å². The molecule has 4 rings (SSSR count). The highest BCUT2D eigenvalue weighted by Crippen LogP contribution is 2.34. The molecule has 23 heavy (non-hydrogen) atoms. The van der Waals surface area contributed by atoms with Gasteiger partial charge in [-0.25, -0.2) is 9.98 Å². The van der Waals surface area contributed by atoms with Gasteiger partial charge in [0.2, 0.25) is 0 Å². The first-order chi connectivity index (χ1) is 11.3. The number of aliphatic imine (C=N–C) groups is 1. The molecule has 0 unspecified atom stereocenters. The van der Waals surface area contributed by atoms with Gasteiger partial charge < -0.3 is 14.8 Å². The van der Waals surface area contributed by atoms with Crippen molar-refractivity contribution in [3.8, 4) is 5.75 Å². The van der Waals surface area contributed by atoms with E-state index in [0.717, 1.165) is 11.1 Å². The minimum absolute atomic E-state index is 0.0944. The predicted molar refractivity (Wildman–Crippen MR) is 92.3 cm³/mol. The SMILES string of the molecule is Oc1cc(NCc2cccs2)oc1C=C1C=Nc2ncccc21. The summed E-state index contributed by atoms with van der Waals surface area (Å²) in [6.45, 7) is 0.662. The number of aromatic nitrogens is 1. The summed E-state index contributed by atoms with van der Waals surface area (Å²) < 4.78 is 5.67. The van der Waals surface area contributed by atoms with Gasteiger partial charge in [-0.1, -0.05) is 6.07 Å². The molecule has 0 saturated heterocycles. The molecule has 3 aromatic rings. The molecule has 2 N–H and O–H groups in total. The highest BCUT2D eigenvalue weighted by molar-refractivity contribution is 7.09. The summed E-state index contributed by atoms with van der Waals surface area (Å²) in [7, 11) is 0. The van der Waals surface area contributed by atoms with E-state index in [-0.39, 0.29) is 5.75 Å². The molecule has 5 nitrogen and oxygen atoms in total. The number of rotatable bonds is 4. The number of furan rings is 1. The Balaban J connectivity index is 1.56. The smallest absolute Gasteiger partial charge is 0.197 e. The van der Waals surface area contributed by atoms with Gasteiger partial charge >= 0.3 is 0 Å². The summed E-state index contributed by atoms with van der Waals surface area (Å²) in [5, 5.41) is 15.2. The number of thiophene rings is 1. The first-order valence-corrected chi connectivity index (χ1v) is 7.98. The lowest BCUT2D eigenvalue weighted by Crippen LogP contribution is -1.95. The molecule has 1 aliphatic heterocycles. The van der Waals surface area contributed by atoms with E-state index in [9.17, 15) is 5.11 Å². The molecule has 0 atom stereocenters. The fraction of sp³-hybridized carbons (Fsp3) is 0.0588. The van der Waals surface area contributed by atoms with Crippen LogP contribution in [0.1, 0.15) is 16.2 Å². The molecule has 0 amide bonds. The van der Waals surface area contributed by atoms with Crippen molar-refractivity contribution in [2.24, 2.45) is 4.99 Å². The maximum atomic E-state index is 10.1. The van der Waals surface area contributed by atoms with Crippen LogP contribution in [0.2, 0.25) is 0 Å². The Morgan fingerprint density at radius 2 is 2.26 bits per heavy atom. The van der Waals surface area contributed by atoms with E-state index >= 15 is 0 Å². The van der Waals surface area contributed by atoms with E-state index in [4.69, 9.17) is 4.42 Å². The molecule has 0 saturated carbocycles. The summed E-state index contributed by atoms with van der Waals surface area (Å²) in [6, 6.07) is 9.43. The zero-order chi connectivity index (χ0) is 15.6. The van der Waals surface area contributed by atoms with Crippen LogP contribution in [0.25, 0.3) is 11.6 Å². The molecule has 0 aliphatic carbocycles. The number of pyridine rings is 1. The number of nitrogens with one attached hydrogen (secondary N) is 1. The van der Waals surface area contributed by atoms with Gasteiger partial charge in [-0.3, -0.25) is 0 Å². The standard InChI is InChI=1S/C17H13N3O2S/c21-14-8-16(19-10-12-3-2-6-23-12)22-15(14)7-11-9-20-17-13(11)4-1-5-18-17/h1-9,19,21H,10H2. The van der Waals surface area contributed by atoms with Crippen molar-refractivity contribution in [1.29, 1.82) is 0 Å². The van der Waals surface area contributed by atoms with Crippen molar-refractivity contribution in [3.63, 3.8) is 0 Å². The van der Waals surface area contributed by atoms with Crippen LogP contribution in [-0.2, 0) is 6.54 Å². The summed E-state index contributed by atoms with van der Waals surface area (Å²) in [4.78, 5) is 9.63. The number of aromatic hydroxyl groups is 1. The van der Waals surface area contributed by atoms with Crippen molar-refractivity contribution in [1.82, 2.24) is 4.98 Å². The van der Waals surface area contributed by atoms with Crippen LogP contribution in [0.4, 0.5) is 11.7 Å². The van der Waals surface area contributed by atoms with Crippen molar-refractivity contribution in [3.05, 3.63) is 58.1 Å². The fourth-order valence-electron chi connectivity index (χ4n) is 2.36. The third-order valence-electron chi connectivity index (χ3n) is 3.47. The van der Waals surface area contributed by atoms with E-state index in [1.165, 1.54) is 4.88 Å². The molecular weight excluding hydrogens is 310 g/mol. The first-order valence-electron chi connectivity index (χ1n) is 7.10. The molecule has 0 radical (unpaired) electrons. The van der Waals surface area contributed by atoms with E-state index in [0.29, 0.717) is 24.0 Å². The number of hydrogen-bond donors (Lipinski definition) is 2. The number of anilines is 1. The van der Waals surface area contributed by atoms with E-state index < -0.39 is 0 Å². The van der Waals surface area contributed by atoms with Gasteiger partial charge in [-0.15, -0.1) is 11.3 Å². The maximum Gasteiger partial charge on any atom is 0.197 e. The Morgan fingerprint density at radius 3 is 3.13 bits per heavy atom. The van der Waals surface area contributed by atoms with Gasteiger partial charge in [-0.05, 0) is 29.7 Å². The quantitative estimate of drug-likeness (QED) is 0.750. The van der Waals surface area contributed by atoms with Crippen LogP contribution in [-0.4, -0.2) is 16.3 Å². The highest BCUT2D eigenvalue weighted by Gasteiger charge is 2.15. The molecule has 4 heterocycles. The van der Waals surface area contributed by atoms with E-state index in [2.05, 4.69) is 15.3 Å². The number of nitrogens with zero attached hydrogens (tertiary/aromatic N) is 2. The molecule has 3 aromatic heterocycles. The van der Waals surface area contributed by atoms with Crippen molar-refractivity contribution in [2.75, 3.05) is 5.32 Å². The minimum atomic E-state index is 0.0944. The van der Waals surface area contributed by atoms with Crippen LogP contribution in [0.15, 0.2) is 51.3 Å². The fourth-order valence-corrected chi connectivity index (χ4v) is 3.00. The third kappa shape index (κ3) is 2.76. The normalized spacial score (nSPS) is 14.3. The Hall–Kier alpha value is -2.86. The Labute approximate surface area is 136 Å². The summed E-state index contributed by atoms with van der Waals surface area (Å²) >= 11 is 1.67. The topological polar surface area (TPSA) is 70.7 Å². The van der Waals surface area contributed by atoms with Crippen LogP contribution >= 0.6 is 11.3 Å². The first kappa shape index (κ1) is 13.8. The summed E-state index contributed by atoms with van der Waals surface area (Å²) in [5.74, 6) is 1.71. The van der Waals surface area contributed by atoms with Gasteiger partial charge in [-0.2, -0.15) is 0 Å².